The van der Waals surface area contributed by atoms with Crippen LogP contribution in [0.1, 0.15) is 26.2 Å². The van der Waals surface area contributed by atoms with E-state index in [4.69, 9.17) is 0 Å². The molecule has 0 unspecified atom stereocenters. The molecule has 0 aromatic carbocycles. The SMILES string of the molecule is CCCC[C@H](CN(O)C=O)C(=O)N1CCN(c2ncccn2)CC1. The number of hydrogen-bond acceptors (Lipinski definition) is 6. The van der Waals surface area contributed by atoms with Crippen LogP contribution in [0.3, 0.4) is 0 Å². The predicted molar refractivity (Wildman–Crippen MR) is 88.4 cm³/mol. The van der Waals surface area contributed by atoms with Crippen LogP contribution in [0, 0.1) is 5.92 Å². The highest BCUT2D eigenvalue weighted by molar-refractivity contribution is 5.79. The first-order chi connectivity index (χ1) is 11.7. The molecule has 0 saturated carbocycles. The third-order valence-electron chi connectivity index (χ3n) is 4.21. The number of nitrogens with zero attached hydrogens (tertiary/aromatic N) is 5. The zero-order valence-corrected chi connectivity index (χ0v) is 14.0. The molecule has 8 heteroatoms. The number of aromatic nitrogens is 2. The van der Waals surface area contributed by atoms with Crippen molar-refractivity contribution in [2.75, 3.05) is 37.6 Å². The molecule has 2 heterocycles. The maximum absolute atomic E-state index is 12.7. The van der Waals surface area contributed by atoms with Gasteiger partial charge in [-0.25, -0.2) is 15.0 Å². The Bertz CT molecular complexity index is 520. The molecule has 1 aliphatic rings. The first kappa shape index (κ1) is 18.1. The maximum atomic E-state index is 12.7. The van der Waals surface area contributed by atoms with Gasteiger partial charge in [0, 0.05) is 38.6 Å². The standard InChI is InChI=1S/C16H25N5O3/c1-2-3-5-14(12-21(24)13-22)15(23)19-8-10-20(11-9-19)16-17-6-4-7-18-16/h4,6-7,13-14,24H,2-3,5,8-12H2,1H3/t14-/m1/s1. The predicted octanol–water partition coefficient (Wildman–Crippen LogP) is 0.779. The van der Waals surface area contributed by atoms with Crippen LogP contribution in [0.4, 0.5) is 5.95 Å². The minimum atomic E-state index is -0.361. The zero-order chi connectivity index (χ0) is 17.4. The lowest BCUT2D eigenvalue weighted by Gasteiger charge is -2.36. The van der Waals surface area contributed by atoms with Crippen LogP contribution in [0.15, 0.2) is 18.5 Å². The van der Waals surface area contributed by atoms with Crippen LogP contribution in [0.5, 0.6) is 0 Å². The van der Waals surface area contributed by atoms with Crippen LogP contribution in [0.2, 0.25) is 0 Å². The Morgan fingerprint density at radius 1 is 1.33 bits per heavy atom. The molecule has 132 valence electrons. The first-order valence-electron chi connectivity index (χ1n) is 8.37. The summed E-state index contributed by atoms with van der Waals surface area (Å²) in [6.07, 6.45) is 6.28. The Kier molecular flexibility index (Phi) is 6.92. The molecule has 24 heavy (non-hydrogen) atoms. The van der Waals surface area contributed by atoms with Crippen LogP contribution in [-0.2, 0) is 9.59 Å². The van der Waals surface area contributed by atoms with E-state index in [2.05, 4.69) is 21.8 Å². The number of carbonyl (C=O) groups is 2. The molecular formula is C16H25N5O3. The molecule has 1 N–H and O–H groups in total. The minimum Gasteiger partial charge on any atom is -0.339 e. The van der Waals surface area contributed by atoms with Crippen LogP contribution >= 0.6 is 0 Å². The Morgan fingerprint density at radius 3 is 2.58 bits per heavy atom. The summed E-state index contributed by atoms with van der Waals surface area (Å²) in [6, 6.07) is 1.77. The van der Waals surface area contributed by atoms with E-state index in [1.54, 1.807) is 23.4 Å². The van der Waals surface area contributed by atoms with E-state index in [1.807, 2.05) is 0 Å². The highest BCUT2D eigenvalue weighted by Gasteiger charge is 2.28. The Balaban J connectivity index is 1.92. The molecule has 0 radical (unpaired) electrons. The molecule has 0 aliphatic carbocycles. The number of amides is 2. The minimum absolute atomic E-state index is 0.00187. The number of unbranched alkanes of at least 4 members (excludes halogenated alkanes) is 1. The summed E-state index contributed by atoms with van der Waals surface area (Å²) in [5.74, 6) is 0.312. The number of anilines is 1. The van der Waals surface area contributed by atoms with Gasteiger partial charge in [-0.3, -0.25) is 14.8 Å². The normalized spacial score (nSPS) is 15.9. The lowest BCUT2D eigenvalue weighted by Crippen LogP contribution is -2.51. The zero-order valence-electron chi connectivity index (χ0n) is 14.0. The van der Waals surface area contributed by atoms with Crippen LogP contribution in [-0.4, -0.2) is 70.2 Å². The van der Waals surface area contributed by atoms with Gasteiger partial charge in [0.15, 0.2) is 0 Å². The molecular weight excluding hydrogens is 310 g/mol. The molecule has 8 nitrogen and oxygen atoms in total. The topological polar surface area (TPSA) is 89.9 Å². The Hall–Kier alpha value is -2.22. The van der Waals surface area contributed by atoms with Gasteiger partial charge in [-0.15, -0.1) is 0 Å². The lowest BCUT2D eigenvalue weighted by molar-refractivity contribution is -0.157. The van der Waals surface area contributed by atoms with Crippen molar-refractivity contribution in [3.63, 3.8) is 0 Å². The van der Waals surface area contributed by atoms with E-state index in [-0.39, 0.29) is 18.4 Å². The second kappa shape index (κ2) is 9.17. The smallest absolute Gasteiger partial charge is 0.233 e. The highest BCUT2D eigenvalue weighted by Crippen LogP contribution is 2.16. The van der Waals surface area contributed by atoms with E-state index in [0.29, 0.717) is 50.0 Å². The summed E-state index contributed by atoms with van der Waals surface area (Å²) in [5.41, 5.74) is 0. The summed E-state index contributed by atoms with van der Waals surface area (Å²) in [5, 5.41) is 10.00. The van der Waals surface area contributed by atoms with E-state index < -0.39 is 0 Å². The number of rotatable bonds is 8. The third-order valence-corrected chi connectivity index (χ3v) is 4.21. The number of hydrogen-bond donors (Lipinski definition) is 1. The number of piperazine rings is 1. The van der Waals surface area contributed by atoms with Crippen LogP contribution in [0.25, 0.3) is 0 Å². The lowest BCUT2D eigenvalue weighted by atomic mass is 10.00. The van der Waals surface area contributed by atoms with Gasteiger partial charge in [0.1, 0.15) is 0 Å². The molecule has 1 atom stereocenters. The highest BCUT2D eigenvalue weighted by atomic mass is 16.5. The van der Waals surface area contributed by atoms with E-state index >= 15 is 0 Å². The van der Waals surface area contributed by atoms with Gasteiger partial charge in [0.25, 0.3) is 0 Å². The summed E-state index contributed by atoms with van der Waals surface area (Å²) in [4.78, 5) is 35.7. The van der Waals surface area contributed by atoms with Gasteiger partial charge in [-0.05, 0) is 12.5 Å². The summed E-state index contributed by atoms with van der Waals surface area (Å²) in [7, 11) is 0. The van der Waals surface area contributed by atoms with Gasteiger partial charge in [-0.2, -0.15) is 0 Å². The van der Waals surface area contributed by atoms with Crippen molar-refractivity contribution in [2.45, 2.75) is 26.2 Å². The number of carbonyl (C=O) groups excluding carboxylic acids is 2. The van der Waals surface area contributed by atoms with Gasteiger partial charge < -0.3 is 9.80 Å². The van der Waals surface area contributed by atoms with Crippen molar-refractivity contribution in [3.05, 3.63) is 18.5 Å². The summed E-state index contributed by atoms with van der Waals surface area (Å²) < 4.78 is 0. The molecule has 0 spiro atoms. The Labute approximate surface area is 142 Å². The van der Waals surface area contributed by atoms with E-state index in [9.17, 15) is 14.8 Å². The molecule has 1 aliphatic heterocycles. The average Bonchev–Trinajstić information content (AvgIpc) is 2.65. The quantitative estimate of drug-likeness (QED) is 0.429. The molecule has 1 aromatic rings. The van der Waals surface area contributed by atoms with E-state index in [0.717, 1.165) is 12.8 Å². The van der Waals surface area contributed by atoms with Crippen molar-refractivity contribution in [2.24, 2.45) is 5.92 Å². The second-order valence-corrected chi connectivity index (χ2v) is 5.93. The average molecular weight is 335 g/mol. The third kappa shape index (κ3) is 4.89. The molecule has 2 amide bonds. The summed E-state index contributed by atoms with van der Waals surface area (Å²) >= 11 is 0. The largest absolute Gasteiger partial charge is 0.339 e. The van der Waals surface area contributed by atoms with Crippen molar-refractivity contribution in [3.8, 4) is 0 Å². The van der Waals surface area contributed by atoms with Crippen LogP contribution < -0.4 is 4.90 Å². The number of hydroxylamine groups is 2. The Morgan fingerprint density at radius 2 is 2.00 bits per heavy atom. The summed E-state index contributed by atoms with van der Waals surface area (Å²) in [6.45, 7) is 4.62. The van der Waals surface area contributed by atoms with Gasteiger partial charge in [0.2, 0.25) is 18.3 Å². The fourth-order valence-corrected chi connectivity index (χ4v) is 2.85. The monoisotopic (exact) mass is 335 g/mol. The second-order valence-electron chi connectivity index (χ2n) is 5.93. The van der Waals surface area contributed by atoms with Gasteiger partial charge >= 0.3 is 0 Å². The molecule has 1 aromatic heterocycles. The maximum Gasteiger partial charge on any atom is 0.233 e. The fourth-order valence-electron chi connectivity index (χ4n) is 2.85. The molecule has 0 bridgehead atoms. The van der Waals surface area contributed by atoms with Crippen molar-refractivity contribution in [1.82, 2.24) is 19.9 Å². The fraction of sp³-hybridized carbons (Fsp3) is 0.625. The molecule has 2 rings (SSSR count). The first-order valence-corrected chi connectivity index (χ1v) is 8.37. The van der Waals surface area contributed by atoms with Gasteiger partial charge in [-0.1, -0.05) is 19.8 Å². The van der Waals surface area contributed by atoms with Crippen molar-refractivity contribution in [1.29, 1.82) is 0 Å². The molecule has 1 fully saturated rings. The van der Waals surface area contributed by atoms with E-state index in [1.165, 1.54) is 0 Å². The van der Waals surface area contributed by atoms with Crippen molar-refractivity contribution >= 4 is 18.3 Å². The van der Waals surface area contributed by atoms with Crippen molar-refractivity contribution < 1.29 is 14.8 Å². The molecule has 1 saturated heterocycles. The van der Waals surface area contributed by atoms with Gasteiger partial charge in [0.05, 0.1) is 12.5 Å².